The topological polar surface area (TPSA) is 52.6 Å². The fourth-order valence-corrected chi connectivity index (χ4v) is 1.15. The molecule has 1 aromatic rings. The highest BCUT2D eigenvalue weighted by molar-refractivity contribution is 6.05. The Morgan fingerprint density at radius 3 is 2.50 bits per heavy atom. The van der Waals surface area contributed by atoms with E-state index in [9.17, 15) is 14.0 Å². The number of benzene rings is 1. The molecule has 0 fully saturated rings. The van der Waals surface area contributed by atoms with Crippen molar-refractivity contribution in [2.24, 2.45) is 0 Å². The fourth-order valence-electron chi connectivity index (χ4n) is 1.15. The average Bonchev–Trinajstić information content (AvgIpc) is 2.28. The predicted molar refractivity (Wildman–Crippen MR) is 53.9 cm³/mol. The third-order valence-electron chi connectivity index (χ3n) is 2.01. The molecule has 0 bridgehead atoms. The second kappa shape index (κ2) is 5.25. The van der Waals surface area contributed by atoms with Crippen LogP contribution >= 0.6 is 0 Å². The third-order valence-corrected chi connectivity index (χ3v) is 2.01. The van der Waals surface area contributed by atoms with Gasteiger partial charge in [-0.2, -0.15) is 0 Å². The number of hydrogen-bond acceptors (Lipinski definition) is 4. The van der Waals surface area contributed by atoms with E-state index in [1.807, 2.05) is 0 Å². The smallest absolute Gasteiger partial charge is 0.313 e. The number of carbonyl (C=O) groups excluding carboxylic acids is 2. The maximum atomic E-state index is 13.2. The number of rotatable bonds is 4. The van der Waals surface area contributed by atoms with Gasteiger partial charge in [0.1, 0.15) is 6.42 Å². The lowest BCUT2D eigenvalue weighted by Gasteiger charge is -2.04. The predicted octanol–water partition coefficient (Wildman–Crippen LogP) is 1.58. The van der Waals surface area contributed by atoms with Crippen molar-refractivity contribution in [3.8, 4) is 5.75 Å². The summed E-state index contributed by atoms with van der Waals surface area (Å²) in [4.78, 5) is 22.3. The zero-order valence-electron chi connectivity index (χ0n) is 8.95. The van der Waals surface area contributed by atoms with Crippen LogP contribution in [0.5, 0.6) is 5.75 Å². The minimum Gasteiger partial charge on any atom is -0.494 e. The Morgan fingerprint density at radius 2 is 2.00 bits per heavy atom. The van der Waals surface area contributed by atoms with Gasteiger partial charge in [-0.05, 0) is 18.2 Å². The number of esters is 1. The van der Waals surface area contributed by atoms with Crippen molar-refractivity contribution in [2.45, 2.75) is 6.42 Å². The molecule has 0 unspecified atom stereocenters. The fraction of sp³-hybridized carbons (Fsp3) is 0.273. The van der Waals surface area contributed by atoms with Gasteiger partial charge in [0.05, 0.1) is 14.2 Å². The number of ketones is 1. The van der Waals surface area contributed by atoms with E-state index in [0.29, 0.717) is 0 Å². The summed E-state index contributed by atoms with van der Waals surface area (Å²) in [7, 11) is 2.51. The van der Waals surface area contributed by atoms with Crippen LogP contribution in [0.25, 0.3) is 0 Å². The third kappa shape index (κ3) is 2.79. The summed E-state index contributed by atoms with van der Waals surface area (Å²) >= 11 is 0. The summed E-state index contributed by atoms with van der Waals surface area (Å²) in [6.07, 6.45) is -0.401. The van der Waals surface area contributed by atoms with E-state index < -0.39 is 24.0 Å². The molecular weight excluding hydrogens is 215 g/mol. The largest absolute Gasteiger partial charge is 0.494 e. The Balaban J connectivity index is 2.85. The molecule has 16 heavy (non-hydrogen) atoms. The molecule has 0 atom stereocenters. The Kier molecular flexibility index (Phi) is 3.99. The molecule has 5 heteroatoms. The first-order valence-corrected chi connectivity index (χ1v) is 4.52. The Labute approximate surface area is 92.0 Å². The van der Waals surface area contributed by atoms with E-state index in [4.69, 9.17) is 4.74 Å². The molecule has 0 amide bonds. The van der Waals surface area contributed by atoms with Crippen molar-refractivity contribution >= 4 is 11.8 Å². The number of ether oxygens (including phenoxy) is 2. The van der Waals surface area contributed by atoms with E-state index >= 15 is 0 Å². The highest BCUT2D eigenvalue weighted by Crippen LogP contribution is 2.18. The molecule has 0 radical (unpaired) electrons. The van der Waals surface area contributed by atoms with Crippen LogP contribution < -0.4 is 4.74 Å². The van der Waals surface area contributed by atoms with Gasteiger partial charge in [0.25, 0.3) is 0 Å². The lowest BCUT2D eigenvalue weighted by atomic mass is 10.1. The Bertz CT molecular complexity index is 414. The molecule has 86 valence electrons. The van der Waals surface area contributed by atoms with Crippen LogP contribution in [0.15, 0.2) is 18.2 Å². The highest BCUT2D eigenvalue weighted by atomic mass is 19.1. The monoisotopic (exact) mass is 226 g/mol. The van der Waals surface area contributed by atoms with Crippen LogP contribution in [-0.2, 0) is 9.53 Å². The van der Waals surface area contributed by atoms with Crippen molar-refractivity contribution < 1.29 is 23.5 Å². The summed E-state index contributed by atoms with van der Waals surface area (Å²) in [5.41, 5.74) is 0.115. The van der Waals surface area contributed by atoms with E-state index in [1.165, 1.54) is 26.4 Å². The van der Waals surface area contributed by atoms with Crippen LogP contribution in [0, 0.1) is 5.82 Å². The summed E-state index contributed by atoms with van der Waals surface area (Å²) in [5.74, 6) is -1.73. The quantitative estimate of drug-likeness (QED) is 0.444. The second-order valence-corrected chi connectivity index (χ2v) is 3.03. The first-order valence-electron chi connectivity index (χ1n) is 4.52. The number of carbonyl (C=O) groups is 2. The van der Waals surface area contributed by atoms with Crippen molar-refractivity contribution in [1.82, 2.24) is 0 Å². The minimum atomic E-state index is -0.652. The van der Waals surface area contributed by atoms with Gasteiger partial charge in [-0.3, -0.25) is 9.59 Å². The number of halogens is 1. The first-order chi connectivity index (χ1) is 7.58. The van der Waals surface area contributed by atoms with Gasteiger partial charge < -0.3 is 9.47 Å². The summed E-state index contributed by atoms with van der Waals surface area (Å²) < 4.78 is 22.3. The van der Waals surface area contributed by atoms with E-state index in [-0.39, 0.29) is 11.3 Å². The minimum absolute atomic E-state index is 0.0506. The molecule has 1 aromatic carbocycles. The van der Waals surface area contributed by atoms with Gasteiger partial charge in [-0.1, -0.05) is 0 Å². The SMILES string of the molecule is COC(=O)CC(=O)c1ccc(OC)c(F)c1. The summed E-state index contributed by atoms with van der Waals surface area (Å²) in [6.45, 7) is 0. The maximum absolute atomic E-state index is 13.2. The summed E-state index contributed by atoms with van der Waals surface area (Å²) in [5, 5.41) is 0. The molecule has 0 saturated heterocycles. The molecule has 0 aliphatic carbocycles. The van der Waals surface area contributed by atoms with Crippen molar-refractivity contribution in [1.29, 1.82) is 0 Å². The van der Waals surface area contributed by atoms with E-state index in [2.05, 4.69) is 4.74 Å². The highest BCUT2D eigenvalue weighted by Gasteiger charge is 2.14. The van der Waals surface area contributed by atoms with Gasteiger partial charge >= 0.3 is 5.97 Å². The van der Waals surface area contributed by atoms with Crippen LogP contribution in [0.4, 0.5) is 4.39 Å². The molecule has 4 nitrogen and oxygen atoms in total. The Hall–Kier alpha value is -1.91. The van der Waals surface area contributed by atoms with Gasteiger partial charge in [-0.15, -0.1) is 0 Å². The molecule has 0 N–H and O–H groups in total. The van der Waals surface area contributed by atoms with Crippen LogP contribution in [-0.4, -0.2) is 26.0 Å². The molecule has 0 saturated carbocycles. The van der Waals surface area contributed by atoms with E-state index in [1.54, 1.807) is 0 Å². The molecule has 1 rings (SSSR count). The van der Waals surface area contributed by atoms with Gasteiger partial charge in [-0.25, -0.2) is 4.39 Å². The van der Waals surface area contributed by atoms with Crippen LogP contribution in [0.3, 0.4) is 0 Å². The number of hydrogen-bond donors (Lipinski definition) is 0. The average molecular weight is 226 g/mol. The first kappa shape index (κ1) is 12.2. The molecule has 0 aliphatic rings. The lowest BCUT2D eigenvalue weighted by molar-refractivity contribution is -0.139. The molecule has 0 aromatic heterocycles. The number of methoxy groups -OCH3 is 2. The second-order valence-electron chi connectivity index (χ2n) is 3.03. The molecule has 0 spiro atoms. The zero-order valence-corrected chi connectivity index (χ0v) is 8.95. The molecule has 0 heterocycles. The Morgan fingerprint density at radius 1 is 1.31 bits per heavy atom. The van der Waals surface area contributed by atoms with Gasteiger partial charge in [0, 0.05) is 5.56 Å². The van der Waals surface area contributed by atoms with Crippen molar-refractivity contribution in [2.75, 3.05) is 14.2 Å². The van der Waals surface area contributed by atoms with E-state index in [0.717, 1.165) is 6.07 Å². The van der Waals surface area contributed by atoms with Crippen molar-refractivity contribution in [3.63, 3.8) is 0 Å². The normalized spacial score (nSPS) is 9.69. The maximum Gasteiger partial charge on any atom is 0.313 e. The standard InChI is InChI=1S/C11H11FO4/c1-15-10-4-3-7(5-8(10)12)9(13)6-11(14)16-2/h3-5H,6H2,1-2H3. The van der Waals surface area contributed by atoms with Crippen molar-refractivity contribution in [3.05, 3.63) is 29.6 Å². The number of Topliss-reactive ketones (excluding diaryl/α,β-unsaturated/α-hetero) is 1. The molecular formula is C11H11FO4. The van der Waals surface area contributed by atoms with Crippen LogP contribution in [0.1, 0.15) is 16.8 Å². The van der Waals surface area contributed by atoms with Crippen LogP contribution in [0.2, 0.25) is 0 Å². The summed E-state index contributed by atoms with van der Waals surface area (Å²) in [6, 6.07) is 3.76. The van der Waals surface area contributed by atoms with Gasteiger partial charge in [0.15, 0.2) is 17.3 Å². The lowest BCUT2D eigenvalue weighted by Crippen LogP contribution is -2.09. The zero-order chi connectivity index (χ0) is 12.1. The molecule has 0 aliphatic heterocycles. The van der Waals surface area contributed by atoms with Gasteiger partial charge in [0.2, 0.25) is 0 Å².